The van der Waals surface area contributed by atoms with E-state index < -0.39 is 0 Å². The van der Waals surface area contributed by atoms with E-state index in [0.29, 0.717) is 5.56 Å². The van der Waals surface area contributed by atoms with E-state index in [1.54, 1.807) is 0 Å². The summed E-state index contributed by atoms with van der Waals surface area (Å²) in [7, 11) is 0. The van der Waals surface area contributed by atoms with Crippen LogP contribution in [0, 0.1) is 6.92 Å². The van der Waals surface area contributed by atoms with E-state index in [1.807, 2.05) is 52.8 Å². The number of benzene rings is 1. The van der Waals surface area contributed by atoms with E-state index in [-0.39, 0.29) is 5.91 Å². The monoisotopic (exact) mass is 278 g/mol. The molecule has 1 aliphatic rings. The number of carbonyl (C=O) groups is 1. The average molecular weight is 278 g/mol. The smallest absolute Gasteiger partial charge is 0.259 e. The molecule has 0 radical (unpaired) electrons. The van der Waals surface area contributed by atoms with Gasteiger partial charge in [-0.05, 0) is 37.1 Å². The molecule has 0 fully saturated rings. The number of para-hydroxylation sites is 1. The minimum Gasteiger partial charge on any atom is -0.308 e. The van der Waals surface area contributed by atoms with Gasteiger partial charge >= 0.3 is 0 Å². The van der Waals surface area contributed by atoms with Crippen molar-refractivity contribution < 1.29 is 4.79 Å². The van der Waals surface area contributed by atoms with Gasteiger partial charge < -0.3 is 4.90 Å². The normalized spacial score (nSPS) is 13.7. The van der Waals surface area contributed by atoms with Gasteiger partial charge in [0.05, 0.1) is 5.56 Å². The maximum atomic E-state index is 12.8. The number of pyridine rings is 1. The highest BCUT2D eigenvalue weighted by Gasteiger charge is 2.25. The second-order valence-corrected chi connectivity index (χ2v) is 5.23. The minimum absolute atomic E-state index is 0.0231. The third-order valence-electron chi connectivity index (χ3n) is 3.95. The second kappa shape index (κ2) is 4.41. The summed E-state index contributed by atoms with van der Waals surface area (Å²) >= 11 is 0. The van der Waals surface area contributed by atoms with Gasteiger partial charge in [-0.1, -0.05) is 18.2 Å². The molecule has 1 aliphatic heterocycles. The predicted molar refractivity (Wildman–Crippen MR) is 79.5 cm³/mol. The highest BCUT2D eigenvalue weighted by Crippen LogP contribution is 2.28. The van der Waals surface area contributed by atoms with Gasteiger partial charge in [0.2, 0.25) is 0 Å². The first-order chi connectivity index (χ1) is 10.2. The van der Waals surface area contributed by atoms with Gasteiger partial charge in [0.1, 0.15) is 5.82 Å². The molecule has 0 spiro atoms. The molecule has 5 heteroatoms. The quantitative estimate of drug-likeness (QED) is 0.686. The van der Waals surface area contributed by atoms with Crippen LogP contribution in [-0.2, 0) is 6.42 Å². The number of rotatable bonds is 1. The van der Waals surface area contributed by atoms with Gasteiger partial charge in [0.25, 0.3) is 5.91 Å². The van der Waals surface area contributed by atoms with Crippen molar-refractivity contribution in [2.45, 2.75) is 13.3 Å². The first-order valence-corrected chi connectivity index (χ1v) is 6.95. The summed E-state index contributed by atoms with van der Waals surface area (Å²) in [5.74, 6) is 0.802. The van der Waals surface area contributed by atoms with Crippen molar-refractivity contribution in [3.05, 3.63) is 59.5 Å². The molecular formula is C16H14N4O. The Balaban J connectivity index is 1.75. The van der Waals surface area contributed by atoms with E-state index in [9.17, 15) is 4.79 Å². The fourth-order valence-corrected chi connectivity index (χ4v) is 2.84. The molecule has 0 aliphatic carbocycles. The zero-order chi connectivity index (χ0) is 14.4. The lowest BCUT2D eigenvalue weighted by Crippen LogP contribution is -2.29. The molecule has 2 aromatic heterocycles. The zero-order valence-corrected chi connectivity index (χ0v) is 11.7. The molecule has 3 aromatic rings. The molecule has 0 N–H and O–H groups in total. The Morgan fingerprint density at radius 2 is 2.00 bits per heavy atom. The van der Waals surface area contributed by atoms with Gasteiger partial charge in [-0.3, -0.25) is 9.20 Å². The number of aryl methyl sites for hydroxylation is 1. The van der Waals surface area contributed by atoms with Gasteiger partial charge in [0.15, 0.2) is 5.65 Å². The van der Waals surface area contributed by atoms with Crippen LogP contribution in [0.4, 0.5) is 5.69 Å². The zero-order valence-electron chi connectivity index (χ0n) is 11.7. The number of fused-ring (bicyclic) bond motifs is 2. The third kappa shape index (κ3) is 1.81. The first kappa shape index (κ1) is 12.1. The number of hydrogen-bond donors (Lipinski definition) is 0. The van der Waals surface area contributed by atoms with Crippen molar-refractivity contribution in [3.63, 3.8) is 0 Å². The number of carbonyl (C=O) groups excluding carboxylic acids is 1. The van der Waals surface area contributed by atoms with Crippen molar-refractivity contribution in [2.24, 2.45) is 0 Å². The Morgan fingerprint density at radius 1 is 1.14 bits per heavy atom. The maximum Gasteiger partial charge on any atom is 0.259 e. The van der Waals surface area contributed by atoms with E-state index in [1.165, 1.54) is 5.56 Å². The van der Waals surface area contributed by atoms with Crippen LogP contribution in [-0.4, -0.2) is 27.0 Å². The summed E-state index contributed by atoms with van der Waals surface area (Å²) in [4.78, 5) is 14.6. The van der Waals surface area contributed by atoms with Gasteiger partial charge in [-0.2, -0.15) is 0 Å². The lowest BCUT2D eigenvalue weighted by Gasteiger charge is -2.17. The molecule has 4 rings (SSSR count). The van der Waals surface area contributed by atoms with E-state index in [4.69, 9.17) is 0 Å². The van der Waals surface area contributed by atoms with Crippen LogP contribution < -0.4 is 4.90 Å². The molecule has 0 saturated heterocycles. The number of aromatic nitrogens is 3. The van der Waals surface area contributed by atoms with Crippen molar-refractivity contribution in [3.8, 4) is 0 Å². The van der Waals surface area contributed by atoms with Crippen molar-refractivity contribution in [2.75, 3.05) is 11.4 Å². The van der Waals surface area contributed by atoms with Gasteiger partial charge in [-0.15, -0.1) is 10.2 Å². The van der Waals surface area contributed by atoms with Crippen LogP contribution in [0.5, 0.6) is 0 Å². The van der Waals surface area contributed by atoms with Crippen LogP contribution in [0.2, 0.25) is 0 Å². The highest BCUT2D eigenvalue weighted by atomic mass is 16.2. The van der Waals surface area contributed by atoms with E-state index in [0.717, 1.165) is 30.1 Å². The molecule has 0 bridgehead atoms. The molecule has 0 saturated carbocycles. The molecule has 1 amide bonds. The molecule has 1 aromatic carbocycles. The topological polar surface area (TPSA) is 50.5 Å². The molecule has 5 nitrogen and oxygen atoms in total. The molecule has 0 unspecified atom stereocenters. The second-order valence-electron chi connectivity index (χ2n) is 5.23. The summed E-state index contributed by atoms with van der Waals surface area (Å²) in [6, 6.07) is 11.7. The minimum atomic E-state index is 0.0231. The Bertz CT molecular complexity index is 852. The predicted octanol–water partition coefficient (Wildman–Crippen LogP) is 2.24. The summed E-state index contributed by atoms with van der Waals surface area (Å²) in [6.07, 6.45) is 2.73. The number of amides is 1. The number of anilines is 1. The van der Waals surface area contributed by atoms with Crippen LogP contribution in [0.25, 0.3) is 5.65 Å². The van der Waals surface area contributed by atoms with Crippen LogP contribution >= 0.6 is 0 Å². The summed E-state index contributed by atoms with van der Waals surface area (Å²) < 4.78 is 1.84. The molecule has 0 atom stereocenters. The van der Waals surface area contributed by atoms with Crippen molar-refractivity contribution >= 4 is 17.2 Å². The lowest BCUT2D eigenvalue weighted by atomic mass is 10.2. The fraction of sp³-hybridized carbons (Fsp3) is 0.188. The number of nitrogens with zero attached hydrogens (tertiary/aromatic N) is 4. The van der Waals surface area contributed by atoms with E-state index in [2.05, 4.69) is 16.3 Å². The SMILES string of the molecule is Cc1nnc2ccc(C(=O)N3CCc4ccccc43)cn12. The van der Waals surface area contributed by atoms with Crippen LogP contribution in [0.1, 0.15) is 21.7 Å². The summed E-state index contributed by atoms with van der Waals surface area (Å²) in [5, 5.41) is 8.06. The van der Waals surface area contributed by atoms with Crippen molar-refractivity contribution in [1.29, 1.82) is 0 Å². The van der Waals surface area contributed by atoms with Gasteiger partial charge in [-0.25, -0.2) is 0 Å². The number of hydrogen-bond acceptors (Lipinski definition) is 3. The fourth-order valence-electron chi connectivity index (χ4n) is 2.84. The van der Waals surface area contributed by atoms with Crippen LogP contribution in [0.3, 0.4) is 0 Å². The average Bonchev–Trinajstić information content (AvgIpc) is 3.10. The lowest BCUT2D eigenvalue weighted by molar-refractivity contribution is 0.0989. The molecule has 104 valence electrons. The standard InChI is InChI=1S/C16H14N4O/c1-11-17-18-15-7-6-13(10-20(11)15)16(21)19-9-8-12-4-2-3-5-14(12)19/h2-7,10H,8-9H2,1H3. The van der Waals surface area contributed by atoms with E-state index >= 15 is 0 Å². The van der Waals surface area contributed by atoms with Crippen LogP contribution in [0.15, 0.2) is 42.6 Å². The summed E-state index contributed by atoms with van der Waals surface area (Å²) in [5.41, 5.74) is 3.66. The Kier molecular flexibility index (Phi) is 2.54. The highest BCUT2D eigenvalue weighted by molar-refractivity contribution is 6.07. The Morgan fingerprint density at radius 3 is 2.90 bits per heavy atom. The first-order valence-electron chi connectivity index (χ1n) is 6.95. The summed E-state index contributed by atoms with van der Waals surface area (Å²) in [6.45, 7) is 2.61. The Hall–Kier alpha value is -2.69. The Labute approximate surface area is 121 Å². The maximum absolute atomic E-state index is 12.8. The molecule has 21 heavy (non-hydrogen) atoms. The third-order valence-corrected chi connectivity index (χ3v) is 3.95. The molecular weight excluding hydrogens is 264 g/mol. The van der Waals surface area contributed by atoms with Crippen molar-refractivity contribution in [1.82, 2.24) is 14.6 Å². The van der Waals surface area contributed by atoms with Gasteiger partial charge in [0, 0.05) is 18.4 Å². The molecule has 3 heterocycles. The largest absolute Gasteiger partial charge is 0.308 e.